The molecule has 43 heavy (non-hydrogen) atoms. The number of nitrogens with one attached hydrogen (secondary N) is 1. The van der Waals surface area contributed by atoms with Crippen LogP contribution >= 0.6 is 0 Å². The van der Waals surface area contributed by atoms with Crippen LogP contribution in [0.1, 0.15) is 33.7 Å². The number of nitrogens with zero attached hydrogens (tertiary/aromatic N) is 6. The van der Waals surface area contributed by atoms with E-state index in [2.05, 4.69) is 30.2 Å². The van der Waals surface area contributed by atoms with E-state index in [0.717, 1.165) is 22.5 Å². The van der Waals surface area contributed by atoms with Gasteiger partial charge < -0.3 is 31.8 Å². The number of aromatic amines is 1. The van der Waals surface area contributed by atoms with Gasteiger partial charge in [0.15, 0.2) is 11.4 Å². The molecule has 220 valence electrons. The summed E-state index contributed by atoms with van der Waals surface area (Å²) >= 11 is 0. The number of nitrogen functional groups attached to an aromatic ring is 1. The Hall–Kier alpha value is -5.20. The Balaban J connectivity index is 1.18. The van der Waals surface area contributed by atoms with E-state index in [1.54, 1.807) is 24.3 Å². The second-order valence-corrected chi connectivity index (χ2v) is 10.2. The molecule has 0 aliphatic carbocycles. The number of fused-ring (bicyclic) bond motifs is 1. The van der Waals surface area contributed by atoms with Crippen molar-refractivity contribution in [1.82, 2.24) is 19.9 Å². The molecular formula is C31H34N10O2. The molecule has 0 radical (unpaired) electrons. The number of anilines is 2. The number of ketones is 1. The molecule has 1 unspecified atom stereocenters. The number of Topliss-reactive ketones (excluding diaryl/α,β-unsaturated/α-hetero) is 1. The zero-order valence-corrected chi connectivity index (χ0v) is 24.1. The van der Waals surface area contributed by atoms with Crippen LogP contribution in [-0.4, -0.2) is 45.9 Å². The largest absolute Gasteiger partial charge is 0.471 e. The summed E-state index contributed by atoms with van der Waals surface area (Å²) in [6.07, 6.45) is 0.789. The third-order valence-corrected chi connectivity index (χ3v) is 6.85. The van der Waals surface area contributed by atoms with Crippen LogP contribution in [0.15, 0.2) is 83.0 Å². The first-order valence-electron chi connectivity index (χ1n) is 13.8. The van der Waals surface area contributed by atoms with E-state index in [9.17, 15) is 4.79 Å². The Kier molecular flexibility index (Phi) is 8.99. The number of aryl methyl sites for hydroxylation is 1. The van der Waals surface area contributed by atoms with Crippen molar-refractivity contribution < 1.29 is 9.53 Å². The van der Waals surface area contributed by atoms with Gasteiger partial charge in [0.1, 0.15) is 17.9 Å². The van der Waals surface area contributed by atoms with Crippen molar-refractivity contribution in [1.29, 1.82) is 0 Å². The smallest absolute Gasteiger partial charge is 0.245 e. The molecule has 0 aliphatic heterocycles. The van der Waals surface area contributed by atoms with Crippen molar-refractivity contribution >= 4 is 40.0 Å². The minimum Gasteiger partial charge on any atom is -0.471 e. The fourth-order valence-electron chi connectivity index (χ4n) is 4.34. The van der Waals surface area contributed by atoms with E-state index >= 15 is 0 Å². The van der Waals surface area contributed by atoms with Crippen molar-refractivity contribution in [2.75, 3.05) is 24.7 Å². The molecule has 0 aliphatic rings. The molecule has 0 amide bonds. The second kappa shape index (κ2) is 13.2. The van der Waals surface area contributed by atoms with Crippen LogP contribution in [0, 0.1) is 0 Å². The fourth-order valence-corrected chi connectivity index (χ4v) is 4.34. The molecule has 0 bridgehead atoms. The predicted octanol–water partition coefficient (Wildman–Crippen LogP) is 4.60. The van der Waals surface area contributed by atoms with Gasteiger partial charge in [-0.25, -0.2) is 4.98 Å². The lowest BCUT2D eigenvalue weighted by Gasteiger charge is -2.11. The Bertz CT molecular complexity index is 1710. The summed E-state index contributed by atoms with van der Waals surface area (Å²) in [6, 6.07) is 21.7. The average Bonchev–Trinajstić information content (AvgIpc) is 3.44. The van der Waals surface area contributed by atoms with E-state index in [-0.39, 0.29) is 18.3 Å². The Morgan fingerprint density at radius 3 is 2.16 bits per heavy atom. The highest BCUT2D eigenvalue weighted by atomic mass is 16.5. The number of imidazole rings is 1. The topological polar surface area (TPSA) is 187 Å². The molecule has 1 atom stereocenters. The molecule has 0 saturated heterocycles. The molecule has 0 spiro atoms. The van der Waals surface area contributed by atoms with Gasteiger partial charge in [-0.1, -0.05) is 24.3 Å². The van der Waals surface area contributed by atoms with E-state index in [1.807, 2.05) is 67.5 Å². The third-order valence-electron chi connectivity index (χ3n) is 6.85. The number of hydrogen-bond donors (Lipinski definition) is 4. The standard InChI is InChI=1S/C31H34N10O2/c1-41(2)24-13-11-23(12-14-24)40-39-22-9-7-21(8-10-22)28(42)25(33)15-16-26-35-27-29(36-26)37-31(34)38-30(27)43-18-20-5-3-19(17-32)4-6-20/h3-14,25H,15-18,32-33H2,1-2H3,(H3,34,35,36,37,38). The number of nitrogens with two attached hydrogens (primary N) is 3. The van der Waals surface area contributed by atoms with Gasteiger partial charge in [0.25, 0.3) is 0 Å². The lowest BCUT2D eigenvalue weighted by Crippen LogP contribution is -2.31. The Labute approximate surface area is 249 Å². The van der Waals surface area contributed by atoms with Crippen molar-refractivity contribution in [3.8, 4) is 5.88 Å². The number of ether oxygens (including phenoxy) is 1. The molecule has 5 rings (SSSR count). The van der Waals surface area contributed by atoms with Gasteiger partial charge in [0.2, 0.25) is 11.8 Å². The zero-order valence-electron chi connectivity index (χ0n) is 24.1. The van der Waals surface area contributed by atoms with Crippen LogP contribution in [0.25, 0.3) is 11.2 Å². The highest BCUT2D eigenvalue weighted by molar-refractivity contribution is 6.00. The number of aromatic nitrogens is 4. The molecule has 0 fully saturated rings. The van der Waals surface area contributed by atoms with Crippen LogP contribution in [0.5, 0.6) is 5.88 Å². The molecule has 12 nitrogen and oxygen atoms in total. The van der Waals surface area contributed by atoms with Gasteiger partial charge in [-0.05, 0) is 66.1 Å². The SMILES string of the molecule is CN(C)c1ccc(N=Nc2ccc(C(=O)C(N)CCc3nc4nc(N)nc(OCc5ccc(CN)cc5)c4[nH]3)cc2)cc1. The van der Waals surface area contributed by atoms with E-state index in [0.29, 0.717) is 53.5 Å². The van der Waals surface area contributed by atoms with Crippen LogP contribution in [0.2, 0.25) is 0 Å². The molecule has 3 aromatic carbocycles. The highest BCUT2D eigenvalue weighted by Gasteiger charge is 2.18. The van der Waals surface area contributed by atoms with Crippen LogP contribution in [0.3, 0.4) is 0 Å². The fraction of sp³-hybridized carbons (Fsp3) is 0.226. The number of azo groups is 1. The highest BCUT2D eigenvalue weighted by Crippen LogP contribution is 2.24. The lowest BCUT2D eigenvalue weighted by molar-refractivity contribution is 0.0957. The average molecular weight is 579 g/mol. The van der Waals surface area contributed by atoms with Gasteiger partial charge in [0, 0.05) is 38.3 Å². The van der Waals surface area contributed by atoms with Crippen LogP contribution < -0.4 is 26.8 Å². The Morgan fingerprint density at radius 1 is 0.907 bits per heavy atom. The molecule has 12 heteroatoms. The number of carbonyl (C=O) groups excluding carboxylic acids is 1. The first-order valence-corrected chi connectivity index (χ1v) is 13.8. The van der Waals surface area contributed by atoms with Crippen LogP contribution in [-0.2, 0) is 19.6 Å². The Morgan fingerprint density at radius 2 is 1.53 bits per heavy atom. The summed E-state index contributed by atoms with van der Waals surface area (Å²) in [5.74, 6) is 0.778. The van der Waals surface area contributed by atoms with Crippen molar-refractivity contribution in [2.45, 2.75) is 32.0 Å². The quantitative estimate of drug-likeness (QED) is 0.121. The molecule has 2 aromatic heterocycles. The summed E-state index contributed by atoms with van der Waals surface area (Å²) in [4.78, 5) is 31.2. The van der Waals surface area contributed by atoms with Crippen molar-refractivity contribution in [2.24, 2.45) is 21.7 Å². The minimum atomic E-state index is -0.723. The molecule has 5 aromatic rings. The number of carbonyl (C=O) groups is 1. The molecule has 2 heterocycles. The summed E-state index contributed by atoms with van der Waals surface area (Å²) in [6.45, 7) is 0.761. The minimum absolute atomic E-state index is 0.0520. The monoisotopic (exact) mass is 578 g/mol. The maximum absolute atomic E-state index is 13.0. The van der Waals surface area contributed by atoms with Gasteiger partial charge in [-0.3, -0.25) is 4.79 Å². The van der Waals surface area contributed by atoms with E-state index in [4.69, 9.17) is 21.9 Å². The van der Waals surface area contributed by atoms with E-state index < -0.39 is 6.04 Å². The van der Waals surface area contributed by atoms with E-state index in [1.165, 1.54) is 0 Å². The molecular weight excluding hydrogens is 544 g/mol. The number of benzene rings is 3. The summed E-state index contributed by atoms with van der Waals surface area (Å²) in [5, 5.41) is 8.53. The molecule has 0 saturated carbocycles. The lowest BCUT2D eigenvalue weighted by atomic mass is 10.0. The predicted molar refractivity (Wildman–Crippen MR) is 167 cm³/mol. The van der Waals surface area contributed by atoms with Gasteiger partial charge >= 0.3 is 0 Å². The number of H-pyrrole nitrogens is 1. The van der Waals surface area contributed by atoms with Gasteiger partial charge in [-0.2, -0.15) is 20.2 Å². The first-order chi connectivity index (χ1) is 20.8. The van der Waals surface area contributed by atoms with Crippen molar-refractivity contribution in [3.63, 3.8) is 0 Å². The summed E-state index contributed by atoms with van der Waals surface area (Å²) in [7, 11) is 3.96. The summed E-state index contributed by atoms with van der Waals surface area (Å²) in [5.41, 5.74) is 23.7. The van der Waals surface area contributed by atoms with Crippen molar-refractivity contribution in [3.05, 3.63) is 95.3 Å². The summed E-state index contributed by atoms with van der Waals surface area (Å²) < 4.78 is 5.93. The maximum atomic E-state index is 13.0. The van der Waals surface area contributed by atoms with Crippen LogP contribution in [0.4, 0.5) is 23.0 Å². The third kappa shape index (κ3) is 7.36. The second-order valence-electron chi connectivity index (χ2n) is 10.2. The molecule has 7 N–H and O–H groups in total. The van der Waals surface area contributed by atoms with Gasteiger partial charge in [-0.15, -0.1) is 0 Å². The van der Waals surface area contributed by atoms with Gasteiger partial charge in [0.05, 0.1) is 17.4 Å². The maximum Gasteiger partial charge on any atom is 0.245 e. The number of rotatable bonds is 12. The number of hydrogen-bond acceptors (Lipinski definition) is 11. The first kappa shape index (κ1) is 29.3. The zero-order chi connectivity index (χ0) is 30.3. The normalized spacial score (nSPS) is 12.1.